The Labute approximate surface area is 149 Å². The predicted molar refractivity (Wildman–Crippen MR) is 95.9 cm³/mol. The van der Waals surface area contributed by atoms with Gasteiger partial charge in [-0.1, -0.05) is 5.16 Å². The first kappa shape index (κ1) is 16.0. The molecular formula is C19H16N4O3. The molecule has 3 aromatic heterocycles. The van der Waals surface area contributed by atoms with Crippen molar-refractivity contribution in [2.24, 2.45) is 0 Å². The number of anilines is 1. The van der Waals surface area contributed by atoms with Crippen molar-refractivity contribution < 1.29 is 13.7 Å². The number of hydrogen-bond donors (Lipinski definition) is 1. The van der Waals surface area contributed by atoms with Gasteiger partial charge in [-0.2, -0.15) is 0 Å². The van der Waals surface area contributed by atoms with Crippen LogP contribution in [-0.2, 0) is 0 Å². The van der Waals surface area contributed by atoms with Crippen LogP contribution in [0.4, 0.5) is 5.69 Å². The lowest BCUT2D eigenvalue weighted by Gasteiger charge is -2.07. The molecule has 7 heteroatoms. The smallest absolute Gasteiger partial charge is 0.258 e. The highest BCUT2D eigenvalue weighted by molar-refractivity contribution is 6.12. The van der Waals surface area contributed by atoms with Crippen LogP contribution in [0.5, 0.6) is 0 Å². The fourth-order valence-electron chi connectivity index (χ4n) is 2.81. The van der Waals surface area contributed by atoms with Gasteiger partial charge in [0.05, 0.1) is 22.8 Å². The number of rotatable bonds is 3. The third-order valence-corrected chi connectivity index (χ3v) is 4.04. The van der Waals surface area contributed by atoms with Gasteiger partial charge in [0.1, 0.15) is 0 Å². The van der Waals surface area contributed by atoms with Crippen molar-refractivity contribution in [2.45, 2.75) is 20.8 Å². The molecule has 1 amide bonds. The summed E-state index contributed by atoms with van der Waals surface area (Å²) in [5, 5.41) is 7.42. The molecule has 26 heavy (non-hydrogen) atoms. The molecule has 7 nitrogen and oxygen atoms in total. The van der Waals surface area contributed by atoms with E-state index in [-0.39, 0.29) is 5.91 Å². The summed E-state index contributed by atoms with van der Waals surface area (Å²) in [6, 6.07) is 9.10. The molecule has 0 spiro atoms. The van der Waals surface area contributed by atoms with Gasteiger partial charge < -0.3 is 14.3 Å². The van der Waals surface area contributed by atoms with Gasteiger partial charge in [-0.15, -0.1) is 0 Å². The summed E-state index contributed by atoms with van der Waals surface area (Å²) >= 11 is 0. The van der Waals surface area contributed by atoms with Crippen LogP contribution < -0.4 is 5.32 Å². The van der Waals surface area contributed by atoms with E-state index in [9.17, 15) is 4.79 Å². The average molecular weight is 348 g/mol. The highest BCUT2D eigenvalue weighted by atomic mass is 16.5. The molecule has 4 rings (SSSR count). The van der Waals surface area contributed by atoms with Crippen LogP contribution in [0.25, 0.3) is 22.4 Å². The second kappa shape index (κ2) is 6.11. The van der Waals surface area contributed by atoms with Gasteiger partial charge in [-0.05, 0) is 44.2 Å². The summed E-state index contributed by atoms with van der Waals surface area (Å²) < 4.78 is 10.7. The molecule has 0 saturated carbocycles. The van der Waals surface area contributed by atoms with Crippen LogP contribution in [-0.4, -0.2) is 21.0 Å². The van der Waals surface area contributed by atoms with Crippen LogP contribution in [0.15, 0.2) is 45.5 Å². The Morgan fingerprint density at radius 2 is 1.88 bits per heavy atom. The summed E-state index contributed by atoms with van der Waals surface area (Å²) in [6.45, 7) is 5.39. The van der Waals surface area contributed by atoms with Gasteiger partial charge >= 0.3 is 0 Å². The lowest BCUT2D eigenvalue weighted by atomic mass is 10.1. The largest absolute Gasteiger partial charge is 0.441 e. The number of pyridine rings is 1. The fourth-order valence-corrected chi connectivity index (χ4v) is 2.81. The number of nitrogens with one attached hydrogen (secondary N) is 1. The van der Waals surface area contributed by atoms with E-state index in [0.717, 1.165) is 5.56 Å². The fraction of sp³-hybridized carbons (Fsp3) is 0.158. The van der Waals surface area contributed by atoms with Crippen LogP contribution >= 0.6 is 0 Å². The van der Waals surface area contributed by atoms with Gasteiger partial charge in [0.15, 0.2) is 11.7 Å². The van der Waals surface area contributed by atoms with Gasteiger partial charge in [0, 0.05) is 23.9 Å². The van der Waals surface area contributed by atoms with E-state index < -0.39 is 0 Å². The van der Waals surface area contributed by atoms with Gasteiger partial charge in [-0.3, -0.25) is 4.79 Å². The number of oxazole rings is 1. The first-order valence-corrected chi connectivity index (χ1v) is 8.09. The number of aromatic nitrogens is 3. The summed E-state index contributed by atoms with van der Waals surface area (Å²) in [6.07, 6.45) is 1.67. The van der Waals surface area contributed by atoms with Crippen LogP contribution in [0.1, 0.15) is 27.6 Å². The molecule has 0 atom stereocenters. The number of nitrogens with zero attached hydrogens (tertiary/aromatic N) is 3. The van der Waals surface area contributed by atoms with E-state index in [1.165, 1.54) is 0 Å². The Morgan fingerprint density at radius 1 is 1.12 bits per heavy atom. The number of benzene rings is 1. The Kier molecular flexibility index (Phi) is 3.76. The predicted octanol–water partition coefficient (Wildman–Crippen LogP) is 4.06. The van der Waals surface area contributed by atoms with E-state index >= 15 is 0 Å². The zero-order valence-electron chi connectivity index (χ0n) is 14.5. The zero-order chi connectivity index (χ0) is 18.3. The second-order valence-electron chi connectivity index (χ2n) is 6.03. The van der Waals surface area contributed by atoms with Crippen molar-refractivity contribution in [1.29, 1.82) is 0 Å². The Balaban J connectivity index is 1.62. The van der Waals surface area contributed by atoms with E-state index in [2.05, 4.69) is 20.4 Å². The molecule has 0 bridgehead atoms. The number of aryl methyl sites for hydroxylation is 3. The Morgan fingerprint density at radius 3 is 2.58 bits per heavy atom. The lowest BCUT2D eigenvalue weighted by Crippen LogP contribution is -2.13. The molecule has 0 aliphatic carbocycles. The minimum Gasteiger partial charge on any atom is -0.441 e. The third kappa shape index (κ3) is 2.83. The number of amides is 1. The van der Waals surface area contributed by atoms with Crippen molar-refractivity contribution in [3.8, 4) is 11.3 Å². The average Bonchev–Trinajstić information content (AvgIpc) is 3.21. The maximum atomic E-state index is 12.8. The highest BCUT2D eigenvalue weighted by Gasteiger charge is 2.18. The van der Waals surface area contributed by atoms with Gasteiger partial charge in [0.25, 0.3) is 11.6 Å². The molecule has 4 aromatic rings. The van der Waals surface area contributed by atoms with E-state index in [1.807, 2.05) is 31.2 Å². The highest BCUT2D eigenvalue weighted by Crippen LogP contribution is 2.25. The summed E-state index contributed by atoms with van der Waals surface area (Å²) in [5.41, 5.74) is 3.74. The quantitative estimate of drug-likeness (QED) is 0.600. The minimum atomic E-state index is -0.241. The minimum absolute atomic E-state index is 0.241. The number of carbonyl (C=O) groups is 1. The standard InChI is InChI=1S/C19H16N4O3/c1-10-8-15(17-11(2)23-26-19(17)21-10)18(24)22-14-6-4-13(5-7-14)16-9-20-12(3)25-16/h4-9H,1-3H3,(H,22,24). The van der Waals surface area contributed by atoms with E-state index in [1.54, 1.807) is 26.1 Å². The third-order valence-electron chi connectivity index (χ3n) is 4.04. The van der Waals surface area contributed by atoms with Crippen molar-refractivity contribution in [2.75, 3.05) is 5.32 Å². The monoisotopic (exact) mass is 348 g/mol. The number of hydrogen-bond acceptors (Lipinski definition) is 6. The van der Waals surface area contributed by atoms with Crippen LogP contribution in [0.2, 0.25) is 0 Å². The maximum Gasteiger partial charge on any atom is 0.258 e. The summed E-state index contributed by atoms with van der Waals surface area (Å²) in [7, 11) is 0. The second-order valence-corrected chi connectivity index (χ2v) is 6.03. The molecule has 130 valence electrons. The number of fused-ring (bicyclic) bond motifs is 1. The van der Waals surface area contributed by atoms with Crippen molar-refractivity contribution in [3.05, 3.63) is 59.4 Å². The topological polar surface area (TPSA) is 94.1 Å². The van der Waals surface area contributed by atoms with Crippen molar-refractivity contribution in [1.82, 2.24) is 15.1 Å². The first-order chi connectivity index (χ1) is 12.5. The van der Waals surface area contributed by atoms with Crippen LogP contribution in [0, 0.1) is 20.8 Å². The Bertz CT molecular complexity index is 1110. The van der Waals surface area contributed by atoms with Gasteiger partial charge in [0.2, 0.25) is 0 Å². The summed E-state index contributed by atoms with van der Waals surface area (Å²) in [4.78, 5) is 21.1. The van der Waals surface area contributed by atoms with Crippen LogP contribution in [0.3, 0.4) is 0 Å². The maximum absolute atomic E-state index is 12.8. The molecular weight excluding hydrogens is 332 g/mol. The molecule has 1 N–H and O–H groups in total. The lowest BCUT2D eigenvalue weighted by molar-refractivity contribution is 0.102. The van der Waals surface area contributed by atoms with E-state index in [4.69, 9.17) is 8.94 Å². The van der Waals surface area contributed by atoms with Crippen molar-refractivity contribution in [3.63, 3.8) is 0 Å². The molecule has 1 aromatic carbocycles. The SMILES string of the molecule is Cc1cc(C(=O)Nc2ccc(-c3cnc(C)o3)cc2)c2c(C)noc2n1. The molecule has 0 aliphatic heterocycles. The number of carbonyl (C=O) groups excluding carboxylic acids is 1. The molecule has 0 fully saturated rings. The molecule has 0 saturated heterocycles. The summed E-state index contributed by atoms with van der Waals surface area (Å²) in [5.74, 6) is 1.06. The molecule has 0 aliphatic rings. The van der Waals surface area contributed by atoms with Crippen molar-refractivity contribution >= 4 is 22.7 Å². The first-order valence-electron chi connectivity index (χ1n) is 8.09. The van der Waals surface area contributed by atoms with E-state index in [0.29, 0.717) is 45.4 Å². The molecule has 0 radical (unpaired) electrons. The molecule has 3 heterocycles. The Hall–Kier alpha value is -3.48. The van der Waals surface area contributed by atoms with Gasteiger partial charge in [-0.25, -0.2) is 9.97 Å². The zero-order valence-corrected chi connectivity index (χ0v) is 14.5. The molecule has 0 unspecified atom stereocenters. The normalized spacial score (nSPS) is 11.0.